The summed E-state index contributed by atoms with van der Waals surface area (Å²) in [7, 11) is 0. The molecule has 25 heavy (non-hydrogen) atoms. The number of hydrogen-bond donors (Lipinski definition) is 2. The second-order valence-corrected chi connectivity index (χ2v) is 6.36. The van der Waals surface area contributed by atoms with Crippen molar-refractivity contribution in [3.63, 3.8) is 0 Å². The lowest BCUT2D eigenvalue weighted by atomic mass is 9.92. The number of nitro groups is 1. The zero-order valence-corrected chi connectivity index (χ0v) is 13.9. The molecule has 1 fully saturated rings. The van der Waals surface area contributed by atoms with E-state index in [9.17, 15) is 15.2 Å². The van der Waals surface area contributed by atoms with Crippen LogP contribution in [0.3, 0.4) is 0 Å². The van der Waals surface area contributed by atoms with Gasteiger partial charge in [0.1, 0.15) is 12.0 Å². The molecule has 7 nitrogen and oxygen atoms in total. The van der Waals surface area contributed by atoms with E-state index >= 15 is 0 Å². The first-order valence-electron chi connectivity index (χ1n) is 8.40. The number of anilines is 1. The van der Waals surface area contributed by atoms with E-state index in [0.29, 0.717) is 5.82 Å². The van der Waals surface area contributed by atoms with Crippen molar-refractivity contribution < 1.29 is 10.0 Å². The molecule has 1 saturated heterocycles. The van der Waals surface area contributed by atoms with Crippen molar-refractivity contribution in [3.05, 3.63) is 64.3 Å². The molecule has 7 heteroatoms. The van der Waals surface area contributed by atoms with Gasteiger partial charge >= 0.3 is 0 Å². The molecule has 1 aliphatic heterocycles. The van der Waals surface area contributed by atoms with Gasteiger partial charge in [-0.25, -0.2) is 4.98 Å². The third-order valence-electron chi connectivity index (χ3n) is 4.59. The van der Waals surface area contributed by atoms with E-state index in [-0.39, 0.29) is 24.3 Å². The molecular formula is C18H22N4O3. The Hall–Kier alpha value is -2.51. The van der Waals surface area contributed by atoms with Gasteiger partial charge in [-0.15, -0.1) is 0 Å². The SMILES string of the molecule is O=[N+]([O-])c1ccc(N[C@H]2CCN(Cc3ccccc3)C[C@@H]2CO)nc1. The number of piperidine rings is 1. The molecule has 2 N–H and O–H groups in total. The zero-order valence-electron chi connectivity index (χ0n) is 13.9. The lowest BCUT2D eigenvalue weighted by Gasteiger charge is -2.38. The zero-order chi connectivity index (χ0) is 17.6. The first-order chi connectivity index (χ1) is 12.2. The van der Waals surface area contributed by atoms with Crippen molar-refractivity contribution in [1.29, 1.82) is 0 Å². The molecule has 1 aliphatic rings. The average molecular weight is 342 g/mol. The summed E-state index contributed by atoms with van der Waals surface area (Å²) >= 11 is 0. The Kier molecular flexibility index (Phi) is 5.57. The molecule has 132 valence electrons. The standard InChI is InChI=1S/C18H22N4O3/c23-13-15-12-21(11-14-4-2-1-3-5-14)9-8-17(15)20-18-7-6-16(10-19-18)22(24)25/h1-7,10,15,17,23H,8-9,11-13H2,(H,19,20)/t15-,17+/m1/s1. The first-order valence-corrected chi connectivity index (χ1v) is 8.40. The molecule has 1 aromatic carbocycles. The van der Waals surface area contributed by atoms with Crippen LogP contribution in [0, 0.1) is 16.0 Å². The number of pyridine rings is 1. The van der Waals surface area contributed by atoms with Gasteiger partial charge in [-0.1, -0.05) is 30.3 Å². The molecule has 1 aromatic heterocycles. The van der Waals surface area contributed by atoms with Crippen molar-refractivity contribution in [2.75, 3.05) is 25.0 Å². The quantitative estimate of drug-likeness (QED) is 0.618. The minimum atomic E-state index is -0.463. The number of aromatic nitrogens is 1. The topological polar surface area (TPSA) is 91.5 Å². The fourth-order valence-corrected chi connectivity index (χ4v) is 3.24. The van der Waals surface area contributed by atoms with Crippen LogP contribution in [0.25, 0.3) is 0 Å². The fourth-order valence-electron chi connectivity index (χ4n) is 3.24. The summed E-state index contributed by atoms with van der Waals surface area (Å²) in [5, 5.41) is 23.8. The summed E-state index contributed by atoms with van der Waals surface area (Å²) < 4.78 is 0. The smallest absolute Gasteiger partial charge is 0.287 e. The van der Waals surface area contributed by atoms with Crippen LogP contribution in [0.5, 0.6) is 0 Å². The molecule has 0 radical (unpaired) electrons. The predicted molar refractivity (Wildman–Crippen MR) is 95.2 cm³/mol. The van der Waals surface area contributed by atoms with Crippen molar-refractivity contribution in [3.8, 4) is 0 Å². The van der Waals surface area contributed by atoms with Gasteiger partial charge in [0.05, 0.1) is 4.92 Å². The van der Waals surface area contributed by atoms with Gasteiger partial charge in [-0.3, -0.25) is 15.0 Å². The highest BCUT2D eigenvalue weighted by Crippen LogP contribution is 2.22. The number of aliphatic hydroxyl groups is 1. The van der Waals surface area contributed by atoms with E-state index in [1.807, 2.05) is 18.2 Å². The first kappa shape index (κ1) is 17.3. The fraction of sp³-hybridized carbons (Fsp3) is 0.389. The van der Waals surface area contributed by atoms with E-state index in [1.165, 1.54) is 17.8 Å². The molecular weight excluding hydrogens is 320 g/mol. The number of nitrogens with one attached hydrogen (secondary N) is 1. The molecule has 0 unspecified atom stereocenters. The van der Waals surface area contributed by atoms with Crippen LogP contribution in [-0.4, -0.2) is 45.7 Å². The van der Waals surface area contributed by atoms with E-state index in [0.717, 1.165) is 26.1 Å². The molecule has 0 bridgehead atoms. The average Bonchev–Trinajstić information content (AvgIpc) is 2.64. The molecule has 2 atom stereocenters. The number of aliphatic hydroxyl groups excluding tert-OH is 1. The van der Waals surface area contributed by atoms with Gasteiger partial charge in [0.25, 0.3) is 5.69 Å². The number of benzene rings is 1. The lowest BCUT2D eigenvalue weighted by Crippen LogP contribution is -2.47. The van der Waals surface area contributed by atoms with Crippen molar-refractivity contribution in [1.82, 2.24) is 9.88 Å². The number of rotatable bonds is 6. The molecule has 0 amide bonds. The number of hydrogen-bond acceptors (Lipinski definition) is 6. The second kappa shape index (κ2) is 8.04. The highest BCUT2D eigenvalue weighted by atomic mass is 16.6. The molecule has 2 aromatic rings. The summed E-state index contributed by atoms with van der Waals surface area (Å²) in [5.74, 6) is 0.694. The van der Waals surface area contributed by atoms with Crippen molar-refractivity contribution in [2.45, 2.75) is 19.0 Å². The summed E-state index contributed by atoms with van der Waals surface area (Å²) in [5.41, 5.74) is 1.24. The molecule has 0 saturated carbocycles. The predicted octanol–water partition coefficient (Wildman–Crippen LogP) is 2.28. The van der Waals surface area contributed by atoms with Crippen LogP contribution in [-0.2, 0) is 6.54 Å². The Morgan fingerprint density at radius 2 is 2.08 bits per heavy atom. The number of nitrogens with zero attached hydrogens (tertiary/aromatic N) is 3. The molecule has 3 rings (SSSR count). The largest absolute Gasteiger partial charge is 0.396 e. The summed E-state index contributed by atoms with van der Waals surface area (Å²) in [6.07, 6.45) is 2.14. The van der Waals surface area contributed by atoms with Crippen LogP contribution in [0.2, 0.25) is 0 Å². The molecule has 0 spiro atoms. The van der Waals surface area contributed by atoms with Gasteiger partial charge in [0, 0.05) is 44.3 Å². The Labute approximate surface area is 146 Å². The normalized spacial score (nSPS) is 21.0. The summed E-state index contributed by atoms with van der Waals surface area (Å²) in [6.45, 7) is 2.70. The van der Waals surface area contributed by atoms with E-state index < -0.39 is 4.92 Å². The van der Waals surface area contributed by atoms with E-state index in [2.05, 4.69) is 27.3 Å². The van der Waals surface area contributed by atoms with Gasteiger partial charge in [0.15, 0.2) is 0 Å². The van der Waals surface area contributed by atoms with Crippen LogP contribution >= 0.6 is 0 Å². The third kappa shape index (κ3) is 4.52. The Balaban J connectivity index is 1.59. The van der Waals surface area contributed by atoms with Gasteiger partial charge in [-0.2, -0.15) is 0 Å². The maximum absolute atomic E-state index is 10.7. The van der Waals surface area contributed by atoms with Crippen molar-refractivity contribution >= 4 is 11.5 Å². The molecule has 2 heterocycles. The van der Waals surface area contributed by atoms with E-state index in [1.54, 1.807) is 6.07 Å². The minimum Gasteiger partial charge on any atom is -0.396 e. The molecule has 0 aliphatic carbocycles. The highest BCUT2D eigenvalue weighted by Gasteiger charge is 2.29. The van der Waals surface area contributed by atoms with Crippen LogP contribution in [0.15, 0.2) is 48.7 Å². The Morgan fingerprint density at radius 1 is 1.28 bits per heavy atom. The van der Waals surface area contributed by atoms with Crippen LogP contribution in [0.1, 0.15) is 12.0 Å². The maximum Gasteiger partial charge on any atom is 0.287 e. The third-order valence-corrected chi connectivity index (χ3v) is 4.59. The monoisotopic (exact) mass is 342 g/mol. The van der Waals surface area contributed by atoms with Crippen LogP contribution < -0.4 is 5.32 Å². The highest BCUT2D eigenvalue weighted by molar-refractivity contribution is 5.41. The minimum absolute atomic E-state index is 0.0260. The summed E-state index contributed by atoms with van der Waals surface area (Å²) in [6, 6.07) is 13.5. The van der Waals surface area contributed by atoms with Crippen molar-refractivity contribution in [2.24, 2.45) is 5.92 Å². The maximum atomic E-state index is 10.7. The number of likely N-dealkylation sites (tertiary alicyclic amines) is 1. The second-order valence-electron chi connectivity index (χ2n) is 6.36. The Morgan fingerprint density at radius 3 is 2.72 bits per heavy atom. The van der Waals surface area contributed by atoms with Crippen LogP contribution in [0.4, 0.5) is 11.5 Å². The lowest BCUT2D eigenvalue weighted by molar-refractivity contribution is -0.385. The van der Waals surface area contributed by atoms with E-state index in [4.69, 9.17) is 0 Å². The Bertz CT molecular complexity index is 693. The van der Waals surface area contributed by atoms with Gasteiger partial charge in [-0.05, 0) is 18.1 Å². The van der Waals surface area contributed by atoms with Gasteiger partial charge in [0.2, 0.25) is 0 Å². The summed E-state index contributed by atoms with van der Waals surface area (Å²) in [4.78, 5) is 16.7. The van der Waals surface area contributed by atoms with Gasteiger partial charge < -0.3 is 10.4 Å².